The van der Waals surface area contributed by atoms with Crippen molar-refractivity contribution in [2.24, 2.45) is 0 Å². The van der Waals surface area contributed by atoms with E-state index < -0.39 is 6.73 Å². The number of methoxy groups -OCH3 is 4. The molecule has 8 nitrogen and oxygen atoms in total. The zero-order chi connectivity index (χ0) is 19.6. The molecular formula is C19H20N2O6. The fourth-order valence-electron chi connectivity index (χ4n) is 2.93. The summed E-state index contributed by atoms with van der Waals surface area (Å²) in [5.74, 6) is 1.39. The average Bonchev–Trinajstić information content (AvgIpc) is 3.09. The molecular weight excluding hydrogens is 352 g/mol. The van der Waals surface area contributed by atoms with Gasteiger partial charge in [0.15, 0.2) is 11.5 Å². The molecule has 0 spiro atoms. The Bertz CT molecular complexity index is 970. The van der Waals surface area contributed by atoms with E-state index in [-0.39, 0.29) is 11.5 Å². The van der Waals surface area contributed by atoms with E-state index in [1.807, 2.05) is 0 Å². The number of nitrogens with zero attached hydrogens (tertiary/aromatic N) is 2. The molecule has 0 saturated carbocycles. The van der Waals surface area contributed by atoms with Crippen LogP contribution in [0.5, 0.6) is 23.0 Å². The van der Waals surface area contributed by atoms with Crippen LogP contribution < -0.4 is 18.9 Å². The number of carbonyl (C=O) groups is 1. The number of hydrogen-bond donors (Lipinski definition) is 1. The van der Waals surface area contributed by atoms with Gasteiger partial charge >= 0.3 is 0 Å². The second-order valence-corrected chi connectivity index (χ2v) is 5.62. The Morgan fingerprint density at radius 3 is 2.19 bits per heavy atom. The molecule has 0 radical (unpaired) electrons. The lowest BCUT2D eigenvalue weighted by Crippen LogP contribution is -2.12. The van der Waals surface area contributed by atoms with Gasteiger partial charge < -0.3 is 24.1 Å². The van der Waals surface area contributed by atoms with Crippen molar-refractivity contribution in [3.63, 3.8) is 0 Å². The number of benzene rings is 2. The number of aliphatic hydroxyl groups is 1. The lowest BCUT2D eigenvalue weighted by molar-refractivity contribution is 0.101. The Balaban J connectivity index is 2.18. The first kappa shape index (κ1) is 18.5. The number of hydrogen-bond acceptors (Lipinski definition) is 7. The van der Waals surface area contributed by atoms with Crippen molar-refractivity contribution in [1.29, 1.82) is 0 Å². The minimum absolute atomic E-state index is 0.254. The highest BCUT2D eigenvalue weighted by atomic mass is 16.5. The summed E-state index contributed by atoms with van der Waals surface area (Å²) in [7, 11) is 5.99. The van der Waals surface area contributed by atoms with Crippen molar-refractivity contribution in [2.45, 2.75) is 6.73 Å². The summed E-state index contributed by atoms with van der Waals surface area (Å²) in [4.78, 5) is 13.2. The van der Waals surface area contributed by atoms with Gasteiger partial charge in [0.1, 0.15) is 18.2 Å². The summed E-state index contributed by atoms with van der Waals surface area (Å²) < 4.78 is 22.4. The third kappa shape index (κ3) is 3.15. The number of aromatic nitrogens is 2. The second-order valence-electron chi connectivity index (χ2n) is 5.62. The third-order valence-electron chi connectivity index (χ3n) is 4.22. The van der Waals surface area contributed by atoms with E-state index >= 15 is 0 Å². The maximum atomic E-state index is 13.2. The van der Waals surface area contributed by atoms with E-state index in [1.54, 1.807) is 37.4 Å². The van der Waals surface area contributed by atoms with Crippen LogP contribution in [0.3, 0.4) is 0 Å². The van der Waals surface area contributed by atoms with Crippen molar-refractivity contribution >= 4 is 16.7 Å². The molecule has 142 valence electrons. The second kappa shape index (κ2) is 7.55. The van der Waals surface area contributed by atoms with Gasteiger partial charge in [0.05, 0.1) is 34.0 Å². The SMILES string of the molecule is COc1ccc2c(C(=O)c3cc(OC)c(OC)c(OC)c3)n(CO)nc2c1. The molecule has 0 atom stereocenters. The van der Waals surface area contributed by atoms with Crippen LogP contribution in [0.4, 0.5) is 0 Å². The van der Waals surface area contributed by atoms with E-state index in [9.17, 15) is 9.90 Å². The first-order valence-corrected chi connectivity index (χ1v) is 8.08. The number of ether oxygens (including phenoxy) is 4. The average molecular weight is 372 g/mol. The normalized spacial score (nSPS) is 10.7. The maximum absolute atomic E-state index is 13.2. The van der Waals surface area contributed by atoms with Crippen LogP contribution in [-0.4, -0.2) is 49.1 Å². The quantitative estimate of drug-likeness (QED) is 0.636. The van der Waals surface area contributed by atoms with Crippen LogP contribution in [0.25, 0.3) is 10.9 Å². The molecule has 0 unspecified atom stereocenters. The first-order valence-electron chi connectivity index (χ1n) is 8.08. The minimum Gasteiger partial charge on any atom is -0.497 e. The molecule has 0 fully saturated rings. The molecule has 2 aromatic carbocycles. The van der Waals surface area contributed by atoms with Crippen molar-refractivity contribution in [2.75, 3.05) is 28.4 Å². The third-order valence-corrected chi connectivity index (χ3v) is 4.22. The van der Waals surface area contributed by atoms with Gasteiger partial charge in [-0.15, -0.1) is 0 Å². The van der Waals surface area contributed by atoms with Gasteiger partial charge in [-0.1, -0.05) is 0 Å². The standard InChI is InChI=1S/C19H20N2O6/c1-24-12-5-6-13-14(9-12)20-21(10-22)17(13)18(23)11-7-15(25-2)19(27-4)16(8-11)26-3/h5-9,22H,10H2,1-4H3. The van der Waals surface area contributed by atoms with Crippen LogP contribution in [-0.2, 0) is 6.73 Å². The van der Waals surface area contributed by atoms with Crippen molar-refractivity contribution in [1.82, 2.24) is 9.78 Å². The molecule has 0 aliphatic carbocycles. The van der Waals surface area contributed by atoms with Crippen LogP contribution in [0.2, 0.25) is 0 Å². The van der Waals surface area contributed by atoms with E-state index in [0.29, 0.717) is 39.5 Å². The van der Waals surface area contributed by atoms with Crippen LogP contribution in [0.1, 0.15) is 16.1 Å². The Morgan fingerprint density at radius 1 is 1.00 bits per heavy atom. The zero-order valence-corrected chi connectivity index (χ0v) is 15.5. The van der Waals surface area contributed by atoms with Crippen molar-refractivity contribution < 1.29 is 28.8 Å². The molecule has 3 rings (SSSR count). The molecule has 8 heteroatoms. The Morgan fingerprint density at radius 2 is 1.67 bits per heavy atom. The fraction of sp³-hybridized carbons (Fsp3) is 0.263. The lowest BCUT2D eigenvalue weighted by Gasteiger charge is -2.14. The summed E-state index contributed by atoms with van der Waals surface area (Å²) in [6, 6.07) is 8.30. The molecule has 0 aliphatic heterocycles. The maximum Gasteiger partial charge on any atom is 0.212 e. The van der Waals surface area contributed by atoms with Gasteiger partial charge in [-0.3, -0.25) is 4.79 Å². The topological polar surface area (TPSA) is 92.0 Å². The van der Waals surface area contributed by atoms with E-state index in [1.165, 1.54) is 26.0 Å². The minimum atomic E-state index is -0.442. The molecule has 0 saturated heterocycles. The van der Waals surface area contributed by atoms with Crippen LogP contribution in [0.15, 0.2) is 30.3 Å². The van der Waals surface area contributed by atoms with E-state index in [2.05, 4.69) is 5.10 Å². The Kier molecular flexibility index (Phi) is 5.18. The Labute approximate surface area is 155 Å². The van der Waals surface area contributed by atoms with Crippen molar-refractivity contribution in [3.8, 4) is 23.0 Å². The van der Waals surface area contributed by atoms with E-state index in [0.717, 1.165) is 0 Å². The predicted molar refractivity (Wildman–Crippen MR) is 98.0 cm³/mol. The zero-order valence-electron chi connectivity index (χ0n) is 15.5. The van der Waals surface area contributed by atoms with E-state index in [4.69, 9.17) is 18.9 Å². The molecule has 0 aliphatic rings. The number of carbonyl (C=O) groups excluding carboxylic acids is 1. The summed E-state index contributed by atoms with van der Waals surface area (Å²) >= 11 is 0. The lowest BCUT2D eigenvalue weighted by atomic mass is 10.0. The van der Waals surface area contributed by atoms with Gasteiger partial charge in [-0.25, -0.2) is 4.68 Å². The number of aliphatic hydroxyl groups excluding tert-OH is 1. The highest BCUT2D eigenvalue weighted by Crippen LogP contribution is 2.39. The molecule has 0 amide bonds. The summed E-state index contributed by atoms with van der Waals surface area (Å²) in [5.41, 5.74) is 1.11. The Hall–Kier alpha value is -3.26. The fourth-order valence-corrected chi connectivity index (χ4v) is 2.93. The molecule has 1 aromatic heterocycles. The summed E-state index contributed by atoms with van der Waals surface area (Å²) in [6.45, 7) is -0.442. The van der Waals surface area contributed by atoms with Crippen LogP contribution in [0, 0.1) is 0 Å². The number of rotatable bonds is 7. The molecule has 1 N–H and O–H groups in total. The molecule has 1 heterocycles. The summed E-state index contributed by atoms with van der Waals surface area (Å²) in [6.07, 6.45) is 0. The van der Waals surface area contributed by atoms with Gasteiger partial charge in [0.2, 0.25) is 11.5 Å². The van der Waals surface area contributed by atoms with Gasteiger partial charge in [0, 0.05) is 17.0 Å². The smallest absolute Gasteiger partial charge is 0.212 e. The van der Waals surface area contributed by atoms with Crippen molar-refractivity contribution in [3.05, 3.63) is 41.6 Å². The highest BCUT2D eigenvalue weighted by molar-refractivity contribution is 6.15. The van der Waals surface area contributed by atoms with Gasteiger partial charge in [0.25, 0.3) is 0 Å². The molecule has 27 heavy (non-hydrogen) atoms. The highest BCUT2D eigenvalue weighted by Gasteiger charge is 2.23. The number of ketones is 1. The molecule has 0 bridgehead atoms. The first-order chi connectivity index (χ1) is 13.1. The van der Waals surface area contributed by atoms with Gasteiger partial charge in [-0.05, 0) is 24.3 Å². The largest absolute Gasteiger partial charge is 0.497 e. The summed E-state index contributed by atoms with van der Waals surface area (Å²) in [5, 5.41) is 14.6. The molecule has 3 aromatic rings. The predicted octanol–water partition coefficient (Wildman–Crippen LogP) is 2.25. The monoisotopic (exact) mass is 372 g/mol. The van der Waals surface area contributed by atoms with Gasteiger partial charge in [-0.2, -0.15) is 5.10 Å². The van der Waals surface area contributed by atoms with Crippen LogP contribution >= 0.6 is 0 Å². The number of fused-ring (bicyclic) bond motifs is 1.